The Morgan fingerprint density at radius 1 is 1.44 bits per heavy atom. The second kappa shape index (κ2) is 6.60. The number of aliphatic hydroxyl groups excluding tert-OH is 1. The number of aromatic nitrogens is 3. The van der Waals surface area contributed by atoms with Gasteiger partial charge in [0.05, 0.1) is 6.04 Å². The van der Waals surface area contributed by atoms with Gasteiger partial charge < -0.3 is 10.4 Å². The predicted octanol–water partition coefficient (Wildman–Crippen LogP) is 1.18. The van der Waals surface area contributed by atoms with E-state index in [1.54, 1.807) is 0 Å². The van der Waals surface area contributed by atoms with Crippen LogP contribution in [0.25, 0.3) is 0 Å². The Morgan fingerprint density at radius 3 is 2.75 bits per heavy atom. The Hall–Kier alpha value is -0.940. The van der Waals surface area contributed by atoms with E-state index in [9.17, 15) is 0 Å². The van der Waals surface area contributed by atoms with Crippen molar-refractivity contribution in [1.29, 1.82) is 0 Å². The minimum absolute atomic E-state index is 0.144. The van der Waals surface area contributed by atoms with Crippen molar-refractivity contribution in [2.75, 3.05) is 6.61 Å². The van der Waals surface area contributed by atoms with Gasteiger partial charge in [-0.15, -0.1) is 0 Å². The Morgan fingerprint density at radius 2 is 2.19 bits per heavy atom. The topological polar surface area (TPSA) is 73.8 Å². The summed E-state index contributed by atoms with van der Waals surface area (Å²) in [6.45, 7) is 6.46. The normalized spacial score (nSPS) is 15.0. The minimum Gasteiger partial charge on any atom is -0.396 e. The van der Waals surface area contributed by atoms with Gasteiger partial charge in [0.15, 0.2) is 5.82 Å². The summed E-state index contributed by atoms with van der Waals surface area (Å²) in [4.78, 5) is 4.38. The predicted molar refractivity (Wildman–Crippen MR) is 63.1 cm³/mol. The zero-order valence-corrected chi connectivity index (χ0v) is 10.3. The Balaban J connectivity index is 2.41. The molecule has 0 amide bonds. The second-order valence-corrected chi connectivity index (χ2v) is 4.15. The fourth-order valence-electron chi connectivity index (χ4n) is 1.64. The van der Waals surface area contributed by atoms with E-state index in [1.165, 1.54) is 0 Å². The van der Waals surface area contributed by atoms with Crippen LogP contribution in [0, 0.1) is 0 Å². The quantitative estimate of drug-likeness (QED) is 0.652. The summed E-state index contributed by atoms with van der Waals surface area (Å²) in [6, 6.07) is 0.510. The molecular weight excluding hydrogens is 204 g/mol. The molecule has 0 aliphatic rings. The average molecular weight is 226 g/mol. The van der Waals surface area contributed by atoms with E-state index in [2.05, 4.69) is 34.3 Å². The van der Waals surface area contributed by atoms with E-state index in [1.807, 2.05) is 6.92 Å². The monoisotopic (exact) mass is 226 g/mol. The molecule has 0 spiro atoms. The molecule has 2 unspecified atom stereocenters. The van der Waals surface area contributed by atoms with Gasteiger partial charge in [-0.3, -0.25) is 5.10 Å². The highest BCUT2D eigenvalue weighted by Gasteiger charge is 2.13. The van der Waals surface area contributed by atoms with E-state index < -0.39 is 0 Å². The molecule has 16 heavy (non-hydrogen) atoms. The SMILES string of the molecule is CCc1nc(C(C)NC(C)CCCO)n[nH]1. The fraction of sp³-hybridized carbons (Fsp3) is 0.818. The van der Waals surface area contributed by atoms with E-state index in [-0.39, 0.29) is 12.6 Å². The van der Waals surface area contributed by atoms with Gasteiger partial charge >= 0.3 is 0 Å². The molecule has 0 saturated heterocycles. The first-order chi connectivity index (χ1) is 7.67. The molecule has 0 aliphatic heterocycles. The van der Waals surface area contributed by atoms with Gasteiger partial charge in [0.25, 0.3) is 0 Å². The number of aliphatic hydroxyl groups is 1. The molecule has 0 aliphatic carbocycles. The van der Waals surface area contributed by atoms with Gasteiger partial charge in [-0.25, -0.2) is 4.98 Å². The van der Waals surface area contributed by atoms with E-state index in [0.717, 1.165) is 30.9 Å². The zero-order chi connectivity index (χ0) is 12.0. The van der Waals surface area contributed by atoms with Crippen LogP contribution >= 0.6 is 0 Å². The summed E-state index contributed by atoms with van der Waals surface area (Å²) in [5.41, 5.74) is 0. The summed E-state index contributed by atoms with van der Waals surface area (Å²) in [7, 11) is 0. The van der Waals surface area contributed by atoms with E-state index in [0.29, 0.717) is 6.04 Å². The van der Waals surface area contributed by atoms with Crippen molar-refractivity contribution in [3.05, 3.63) is 11.6 Å². The van der Waals surface area contributed by atoms with Gasteiger partial charge in [0.1, 0.15) is 5.82 Å². The first-order valence-corrected chi connectivity index (χ1v) is 5.95. The van der Waals surface area contributed by atoms with Crippen LogP contribution in [0.1, 0.15) is 51.3 Å². The molecule has 0 fully saturated rings. The van der Waals surface area contributed by atoms with Crippen molar-refractivity contribution >= 4 is 0 Å². The van der Waals surface area contributed by atoms with Crippen LogP contribution in [-0.4, -0.2) is 32.9 Å². The minimum atomic E-state index is 0.144. The van der Waals surface area contributed by atoms with Gasteiger partial charge in [-0.2, -0.15) is 5.10 Å². The van der Waals surface area contributed by atoms with Crippen molar-refractivity contribution in [3.63, 3.8) is 0 Å². The Kier molecular flexibility index (Phi) is 5.42. The first kappa shape index (κ1) is 13.1. The standard InChI is InChI=1S/C11H22N4O/c1-4-10-13-11(15-14-10)9(3)12-8(2)6-5-7-16/h8-9,12,16H,4-7H2,1-3H3,(H,13,14,15). The third kappa shape index (κ3) is 3.90. The van der Waals surface area contributed by atoms with Crippen molar-refractivity contribution in [1.82, 2.24) is 20.5 Å². The van der Waals surface area contributed by atoms with Crippen LogP contribution in [0.4, 0.5) is 0 Å². The van der Waals surface area contributed by atoms with Crippen LogP contribution in [0.5, 0.6) is 0 Å². The highest BCUT2D eigenvalue weighted by molar-refractivity contribution is 4.95. The van der Waals surface area contributed by atoms with Crippen molar-refractivity contribution < 1.29 is 5.11 Å². The lowest BCUT2D eigenvalue weighted by molar-refractivity contribution is 0.274. The summed E-state index contributed by atoms with van der Waals surface area (Å²) in [5, 5.41) is 19.2. The summed E-state index contributed by atoms with van der Waals surface area (Å²) >= 11 is 0. The highest BCUT2D eigenvalue weighted by atomic mass is 16.2. The largest absolute Gasteiger partial charge is 0.396 e. The molecule has 0 radical (unpaired) electrons. The molecule has 5 heteroatoms. The number of aryl methyl sites for hydroxylation is 1. The van der Waals surface area contributed by atoms with Crippen LogP contribution in [0.2, 0.25) is 0 Å². The lowest BCUT2D eigenvalue weighted by Gasteiger charge is -2.17. The maximum absolute atomic E-state index is 8.74. The smallest absolute Gasteiger partial charge is 0.167 e. The number of rotatable bonds is 7. The third-order valence-corrected chi connectivity index (χ3v) is 2.60. The van der Waals surface area contributed by atoms with Crippen LogP contribution in [-0.2, 0) is 6.42 Å². The van der Waals surface area contributed by atoms with Crippen molar-refractivity contribution in [2.24, 2.45) is 0 Å². The molecule has 0 aromatic carbocycles. The van der Waals surface area contributed by atoms with Gasteiger partial charge in [-0.1, -0.05) is 6.92 Å². The number of nitrogens with zero attached hydrogens (tertiary/aromatic N) is 2. The molecule has 1 aromatic rings. The first-order valence-electron chi connectivity index (χ1n) is 5.95. The van der Waals surface area contributed by atoms with Crippen LogP contribution in [0.15, 0.2) is 0 Å². The number of nitrogens with one attached hydrogen (secondary N) is 2. The third-order valence-electron chi connectivity index (χ3n) is 2.60. The number of hydrogen-bond donors (Lipinski definition) is 3. The maximum Gasteiger partial charge on any atom is 0.167 e. The second-order valence-electron chi connectivity index (χ2n) is 4.15. The number of H-pyrrole nitrogens is 1. The summed E-state index contributed by atoms with van der Waals surface area (Å²) in [6.07, 6.45) is 2.67. The lowest BCUT2D eigenvalue weighted by atomic mass is 10.1. The number of aromatic amines is 1. The molecule has 0 saturated carbocycles. The van der Waals surface area contributed by atoms with Gasteiger partial charge in [-0.05, 0) is 26.7 Å². The van der Waals surface area contributed by atoms with Crippen LogP contribution in [0.3, 0.4) is 0 Å². The highest BCUT2D eigenvalue weighted by Crippen LogP contribution is 2.09. The van der Waals surface area contributed by atoms with Crippen LogP contribution < -0.4 is 5.32 Å². The maximum atomic E-state index is 8.74. The van der Waals surface area contributed by atoms with E-state index >= 15 is 0 Å². The average Bonchev–Trinajstić information content (AvgIpc) is 2.74. The zero-order valence-electron chi connectivity index (χ0n) is 10.3. The Labute approximate surface area is 96.7 Å². The van der Waals surface area contributed by atoms with E-state index in [4.69, 9.17) is 5.11 Å². The van der Waals surface area contributed by atoms with Gasteiger partial charge in [0, 0.05) is 19.1 Å². The molecule has 2 atom stereocenters. The lowest BCUT2D eigenvalue weighted by Crippen LogP contribution is -2.29. The Bertz CT molecular complexity index is 300. The summed E-state index contributed by atoms with van der Waals surface area (Å²) in [5.74, 6) is 1.74. The molecule has 1 heterocycles. The molecule has 1 aromatic heterocycles. The fourth-order valence-corrected chi connectivity index (χ4v) is 1.64. The van der Waals surface area contributed by atoms with Crippen molar-refractivity contribution in [3.8, 4) is 0 Å². The molecule has 5 nitrogen and oxygen atoms in total. The van der Waals surface area contributed by atoms with Gasteiger partial charge in [0.2, 0.25) is 0 Å². The molecule has 3 N–H and O–H groups in total. The molecule has 0 bridgehead atoms. The molecular formula is C11H22N4O. The molecule has 92 valence electrons. The summed E-state index contributed by atoms with van der Waals surface area (Å²) < 4.78 is 0. The van der Waals surface area contributed by atoms with Crippen molar-refractivity contribution in [2.45, 2.75) is 52.1 Å². The number of hydrogen-bond acceptors (Lipinski definition) is 4. The molecule has 1 rings (SSSR count).